The molecule has 0 saturated carbocycles. The van der Waals surface area contributed by atoms with Gasteiger partial charge in [-0.1, -0.05) is 39.0 Å². The van der Waals surface area contributed by atoms with E-state index in [1.54, 1.807) is 12.1 Å². The van der Waals surface area contributed by atoms with Gasteiger partial charge < -0.3 is 20.1 Å². The third-order valence-corrected chi connectivity index (χ3v) is 4.46. The summed E-state index contributed by atoms with van der Waals surface area (Å²) in [5, 5.41) is 29.1. The largest absolute Gasteiger partial charge is 0.508 e. The Kier molecular flexibility index (Phi) is 10.8. The van der Waals surface area contributed by atoms with Crippen molar-refractivity contribution < 1.29 is 24.9 Å². The monoisotopic (exact) mass is 366 g/mol. The molecule has 3 N–H and O–H groups in total. The molecule has 2 atom stereocenters. The highest BCUT2D eigenvalue weighted by Crippen LogP contribution is 2.23. The number of benzene rings is 1. The molecule has 0 saturated heterocycles. The van der Waals surface area contributed by atoms with Gasteiger partial charge in [0.25, 0.3) is 0 Å². The molecule has 0 spiro atoms. The Morgan fingerprint density at radius 3 is 2.12 bits per heavy atom. The van der Waals surface area contributed by atoms with Crippen LogP contribution in [0.3, 0.4) is 0 Å². The molecule has 0 fully saturated rings. The van der Waals surface area contributed by atoms with Gasteiger partial charge in [-0.3, -0.25) is 4.79 Å². The van der Waals surface area contributed by atoms with Crippen molar-refractivity contribution in [3.05, 3.63) is 23.8 Å². The normalized spacial score (nSPS) is 13.3. The standard InChI is InChI=1S/C21H34O5/c1-3-4-6-9-18(23)10-7-5-8-11-21(26-16(2)22)14-17-12-19(24)15-20(25)13-17/h12-13,15,18,21,23-25H,3-11,14H2,1-2H3. The molecule has 0 amide bonds. The van der Waals surface area contributed by atoms with Crippen molar-refractivity contribution in [2.24, 2.45) is 0 Å². The first kappa shape index (κ1) is 22.3. The number of hydrogen-bond donors (Lipinski definition) is 3. The summed E-state index contributed by atoms with van der Waals surface area (Å²) in [6.07, 6.45) is 8.68. The molecule has 0 aromatic heterocycles. The second-order valence-corrected chi connectivity index (χ2v) is 7.08. The Morgan fingerprint density at radius 1 is 0.962 bits per heavy atom. The van der Waals surface area contributed by atoms with E-state index in [2.05, 4.69) is 6.92 Å². The molecule has 2 unspecified atom stereocenters. The van der Waals surface area contributed by atoms with Crippen LogP contribution in [-0.2, 0) is 16.0 Å². The first-order chi connectivity index (χ1) is 12.4. The number of ether oxygens (including phenoxy) is 1. The van der Waals surface area contributed by atoms with Crippen LogP contribution in [0.4, 0.5) is 0 Å². The number of carbonyl (C=O) groups excluding carboxylic acids is 1. The van der Waals surface area contributed by atoms with Gasteiger partial charge in [-0.05, 0) is 43.4 Å². The van der Waals surface area contributed by atoms with Crippen LogP contribution >= 0.6 is 0 Å². The van der Waals surface area contributed by atoms with Gasteiger partial charge in [0, 0.05) is 19.4 Å². The van der Waals surface area contributed by atoms with Crippen molar-refractivity contribution in [1.29, 1.82) is 0 Å². The van der Waals surface area contributed by atoms with Crippen LogP contribution < -0.4 is 0 Å². The maximum atomic E-state index is 11.3. The number of aromatic hydroxyl groups is 2. The van der Waals surface area contributed by atoms with Crippen molar-refractivity contribution in [2.75, 3.05) is 0 Å². The summed E-state index contributed by atoms with van der Waals surface area (Å²) in [5.74, 6) is -0.331. The lowest BCUT2D eigenvalue weighted by Gasteiger charge is -2.17. The molecular formula is C21H34O5. The van der Waals surface area contributed by atoms with Gasteiger partial charge in [-0.15, -0.1) is 0 Å². The van der Waals surface area contributed by atoms with Crippen molar-refractivity contribution in [3.63, 3.8) is 0 Å². The van der Waals surface area contributed by atoms with Crippen LogP contribution in [0.5, 0.6) is 11.5 Å². The van der Waals surface area contributed by atoms with Gasteiger partial charge in [-0.2, -0.15) is 0 Å². The minimum absolute atomic E-state index is 0.00126. The Balaban J connectivity index is 2.35. The minimum Gasteiger partial charge on any atom is -0.508 e. The fraction of sp³-hybridized carbons (Fsp3) is 0.667. The number of aliphatic hydroxyl groups is 1. The molecule has 148 valence electrons. The van der Waals surface area contributed by atoms with Crippen LogP contribution in [0.25, 0.3) is 0 Å². The van der Waals surface area contributed by atoms with Crippen molar-refractivity contribution in [1.82, 2.24) is 0 Å². The molecule has 0 bridgehead atoms. The number of phenolic OH excluding ortho intramolecular Hbond substituents is 2. The summed E-state index contributed by atoms with van der Waals surface area (Å²) in [7, 11) is 0. The van der Waals surface area contributed by atoms with E-state index in [1.807, 2.05) is 0 Å². The third kappa shape index (κ3) is 10.3. The van der Waals surface area contributed by atoms with Crippen LogP contribution in [0.15, 0.2) is 18.2 Å². The van der Waals surface area contributed by atoms with Gasteiger partial charge in [0.2, 0.25) is 0 Å². The molecule has 5 heteroatoms. The average molecular weight is 366 g/mol. The second kappa shape index (κ2) is 12.6. The maximum absolute atomic E-state index is 11.3. The highest BCUT2D eigenvalue weighted by molar-refractivity contribution is 5.66. The molecule has 1 rings (SSSR count). The summed E-state index contributed by atoms with van der Waals surface area (Å²) in [4.78, 5) is 11.3. The zero-order valence-electron chi connectivity index (χ0n) is 16.1. The molecule has 1 aromatic carbocycles. The molecule has 0 aliphatic heterocycles. The topological polar surface area (TPSA) is 87.0 Å². The van der Waals surface area contributed by atoms with E-state index in [-0.39, 0.29) is 29.7 Å². The lowest BCUT2D eigenvalue weighted by Crippen LogP contribution is -2.19. The Labute approximate surface area is 157 Å². The van der Waals surface area contributed by atoms with Crippen LogP contribution in [-0.4, -0.2) is 33.5 Å². The van der Waals surface area contributed by atoms with Crippen molar-refractivity contribution in [2.45, 2.75) is 90.3 Å². The summed E-state index contributed by atoms with van der Waals surface area (Å²) in [6.45, 7) is 3.55. The van der Waals surface area contributed by atoms with E-state index in [1.165, 1.54) is 25.8 Å². The quantitative estimate of drug-likeness (QED) is 0.354. The second-order valence-electron chi connectivity index (χ2n) is 7.08. The predicted octanol–water partition coefficient (Wildman–Crippen LogP) is 4.46. The number of aliphatic hydroxyl groups excluding tert-OH is 1. The van der Waals surface area contributed by atoms with Gasteiger partial charge >= 0.3 is 5.97 Å². The highest BCUT2D eigenvalue weighted by Gasteiger charge is 2.14. The zero-order chi connectivity index (χ0) is 19.4. The molecule has 0 aliphatic carbocycles. The number of rotatable bonds is 13. The van der Waals surface area contributed by atoms with E-state index in [9.17, 15) is 20.1 Å². The lowest BCUT2D eigenvalue weighted by atomic mass is 10.00. The van der Waals surface area contributed by atoms with E-state index < -0.39 is 0 Å². The first-order valence-corrected chi connectivity index (χ1v) is 9.78. The summed E-state index contributed by atoms with van der Waals surface area (Å²) in [6, 6.07) is 4.42. The predicted molar refractivity (Wildman–Crippen MR) is 102 cm³/mol. The van der Waals surface area contributed by atoms with Crippen molar-refractivity contribution >= 4 is 5.97 Å². The number of hydrogen-bond acceptors (Lipinski definition) is 5. The van der Waals surface area contributed by atoms with E-state index >= 15 is 0 Å². The average Bonchev–Trinajstić information content (AvgIpc) is 2.53. The van der Waals surface area contributed by atoms with Crippen molar-refractivity contribution in [3.8, 4) is 11.5 Å². The number of carbonyl (C=O) groups is 1. The summed E-state index contributed by atoms with van der Waals surface area (Å²) in [5.41, 5.74) is 0.736. The van der Waals surface area contributed by atoms with E-state index in [4.69, 9.17) is 4.74 Å². The highest BCUT2D eigenvalue weighted by atomic mass is 16.5. The van der Waals surface area contributed by atoms with Crippen LogP contribution in [0.2, 0.25) is 0 Å². The Hall–Kier alpha value is -1.75. The van der Waals surface area contributed by atoms with Crippen LogP contribution in [0, 0.1) is 0 Å². The molecule has 0 aliphatic rings. The van der Waals surface area contributed by atoms with Gasteiger partial charge in [0.1, 0.15) is 17.6 Å². The third-order valence-electron chi connectivity index (χ3n) is 4.46. The smallest absolute Gasteiger partial charge is 0.302 e. The van der Waals surface area contributed by atoms with E-state index in [0.717, 1.165) is 50.5 Å². The Morgan fingerprint density at radius 2 is 1.54 bits per heavy atom. The molecular weight excluding hydrogens is 332 g/mol. The van der Waals surface area contributed by atoms with Gasteiger partial charge in [-0.25, -0.2) is 0 Å². The molecule has 1 aromatic rings. The van der Waals surface area contributed by atoms with Gasteiger partial charge in [0.15, 0.2) is 0 Å². The fourth-order valence-corrected chi connectivity index (χ4v) is 3.18. The Bertz CT molecular complexity index is 509. The van der Waals surface area contributed by atoms with E-state index in [0.29, 0.717) is 6.42 Å². The molecule has 0 heterocycles. The maximum Gasteiger partial charge on any atom is 0.302 e. The summed E-state index contributed by atoms with van der Waals surface area (Å²) >= 11 is 0. The lowest BCUT2D eigenvalue weighted by molar-refractivity contribution is -0.146. The zero-order valence-corrected chi connectivity index (χ0v) is 16.1. The molecule has 0 radical (unpaired) electrons. The number of unbranched alkanes of at least 4 members (excludes halogenated alkanes) is 4. The minimum atomic E-state index is -0.328. The molecule has 26 heavy (non-hydrogen) atoms. The van der Waals surface area contributed by atoms with Crippen LogP contribution in [0.1, 0.15) is 77.2 Å². The summed E-state index contributed by atoms with van der Waals surface area (Å²) < 4.78 is 5.38. The van der Waals surface area contributed by atoms with Gasteiger partial charge in [0.05, 0.1) is 6.10 Å². The number of phenols is 2. The number of esters is 1. The SMILES string of the molecule is CCCCCC(O)CCCCCC(Cc1cc(O)cc(O)c1)OC(C)=O. The first-order valence-electron chi connectivity index (χ1n) is 9.78. The fourth-order valence-electron chi connectivity index (χ4n) is 3.18. The molecule has 5 nitrogen and oxygen atoms in total.